The zero-order valence-electron chi connectivity index (χ0n) is 25.3. The van der Waals surface area contributed by atoms with E-state index in [2.05, 4.69) is 93.5 Å². The topological polar surface area (TPSA) is 53.6 Å². The van der Waals surface area contributed by atoms with Crippen molar-refractivity contribution < 1.29 is 9.53 Å². The Balaban J connectivity index is 1.65. The lowest BCUT2D eigenvalue weighted by atomic mass is 9.99. The van der Waals surface area contributed by atoms with Crippen LogP contribution in [0.5, 0.6) is 5.75 Å². The first-order valence-corrected chi connectivity index (χ1v) is 14.7. The van der Waals surface area contributed by atoms with Gasteiger partial charge in [0.05, 0.1) is 11.6 Å². The number of nitrogens with one attached hydrogen (secondary N) is 2. The third-order valence-corrected chi connectivity index (χ3v) is 6.89. The number of anilines is 1. The maximum Gasteiger partial charge on any atom is 0.237 e. The van der Waals surface area contributed by atoms with Gasteiger partial charge in [-0.15, -0.1) is 0 Å². The quantitative estimate of drug-likeness (QED) is 0.200. The Morgan fingerprint density at radius 2 is 1.43 bits per heavy atom. The van der Waals surface area contributed by atoms with Gasteiger partial charge >= 0.3 is 0 Å². The van der Waals surface area contributed by atoms with Gasteiger partial charge in [0, 0.05) is 25.3 Å². The first-order valence-electron chi connectivity index (χ1n) is 14.7. The molecule has 0 aliphatic rings. The molecular formula is C35H49N3O2. The molecule has 40 heavy (non-hydrogen) atoms. The van der Waals surface area contributed by atoms with E-state index in [0.717, 1.165) is 36.4 Å². The Labute approximate surface area is 242 Å². The molecule has 0 spiro atoms. The van der Waals surface area contributed by atoms with Crippen LogP contribution < -0.4 is 20.3 Å². The zero-order valence-corrected chi connectivity index (χ0v) is 25.3. The number of carbonyl (C=O) groups is 1. The highest BCUT2D eigenvalue weighted by Crippen LogP contribution is 2.23. The fourth-order valence-electron chi connectivity index (χ4n) is 4.74. The summed E-state index contributed by atoms with van der Waals surface area (Å²) in [5, 5.41) is 6.87. The van der Waals surface area contributed by atoms with Crippen molar-refractivity contribution in [3.8, 4) is 5.75 Å². The molecule has 0 radical (unpaired) electrons. The first-order chi connectivity index (χ1) is 19.1. The standard InChI is InChI=1S/C35H49N3O2/c1-27(2)21-22-38(31-17-19-32(20-18-31)40-25-30-15-11-8-12-16-30)26-35(5,6)37-34(39)33(23-28(3)4)36-24-29-13-9-7-10-14-29/h7-20,27-28,33,36H,21-26H2,1-6H3,(H,37,39). The number of benzene rings is 3. The summed E-state index contributed by atoms with van der Waals surface area (Å²) < 4.78 is 6.01. The van der Waals surface area contributed by atoms with Gasteiger partial charge in [-0.25, -0.2) is 0 Å². The molecule has 1 amide bonds. The van der Waals surface area contributed by atoms with E-state index in [-0.39, 0.29) is 11.9 Å². The van der Waals surface area contributed by atoms with Gasteiger partial charge in [-0.3, -0.25) is 4.79 Å². The Morgan fingerprint density at radius 3 is 2.00 bits per heavy atom. The fraction of sp³-hybridized carbons (Fsp3) is 0.457. The molecule has 0 aliphatic heterocycles. The summed E-state index contributed by atoms with van der Waals surface area (Å²) in [5.74, 6) is 1.91. The van der Waals surface area contributed by atoms with Crippen LogP contribution in [0, 0.1) is 11.8 Å². The fourth-order valence-corrected chi connectivity index (χ4v) is 4.74. The third kappa shape index (κ3) is 11.1. The van der Waals surface area contributed by atoms with Crippen LogP contribution in [-0.4, -0.2) is 30.6 Å². The SMILES string of the molecule is CC(C)CCN(CC(C)(C)NC(=O)C(CC(C)C)NCc1ccccc1)c1ccc(OCc2ccccc2)cc1. The van der Waals surface area contributed by atoms with Crippen LogP contribution in [-0.2, 0) is 17.9 Å². The summed E-state index contributed by atoms with van der Waals surface area (Å²) in [5.41, 5.74) is 3.05. The summed E-state index contributed by atoms with van der Waals surface area (Å²) >= 11 is 0. The average Bonchev–Trinajstić information content (AvgIpc) is 2.93. The molecule has 0 bridgehead atoms. The van der Waals surface area contributed by atoms with Crippen LogP contribution in [0.1, 0.15) is 65.5 Å². The molecule has 0 aliphatic carbocycles. The molecular weight excluding hydrogens is 494 g/mol. The van der Waals surface area contributed by atoms with E-state index in [1.807, 2.05) is 48.5 Å². The van der Waals surface area contributed by atoms with Crippen molar-refractivity contribution >= 4 is 11.6 Å². The van der Waals surface area contributed by atoms with Crippen molar-refractivity contribution in [3.63, 3.8) is 0 Å². The van der Waals surface area contributed by atoms with Crippen molar-refractivity contribution in [1.82, 2.24) is 10.6 Å². The molecule has 0 fully saturated rings. The monoisotopic (exact) mass is 543 g/mol. The average molecular weight is 544 g/mol. The predicted octanol–water partition coefficient (Wildman–Crippen LogP) is 7.22. The lowest BCUT2D eigenvalue weighted by Gasteiger charge is -2.36. The second kappa shape index (κ2) is 15.5. The molecule has 0 heterocycles. The maximum absolute atomic E-state index is 13.5. The van der Waals surface area contributed by atoms with Gasteiger partial charge in [-0.05, 0) is 73.9 Å². The minimum atomic E-state index is -0.416. The molecule has 3 aromatic rings. The van der Waals surface area contributed by atoms with Gasteiger partial charge in [0.15, 0.2) is 0 Å². The lowest BCUT2D eigenvalue weighted by molar-refractivity contribution is -0.125. The highest BCUT2D eigenvalue weighted by atomic mass is 16.5. The van der Waals surface area contributed by atoms with E-state index < -0.39 is 5.54 Å². The van der Waals surface area contributed by atoms with Crippen LogP contribution in [0.2, 0.25) is 0 Å². The van der Waals surface area contributed by atoms with Crippen LogP contribution in [0.15, 0.2) is 84.9 Å². The highest BCUT2D eigenvalue weighted by Gasteiger charge is 2.28. The van der Waals surface area contributed by atoms with Gasteiger partial charge in [-0.1, -0.05) is 88.4 Å². The minimum Gasteiger partial charge on any atom is -0.489 e. The van der Waals surface area contributed by atoms with E-state index in [0.29, 0.717) is 31.5 Å². The maximum atomic E-state index is 13.5. The number of hydrogen-bond donors (Lipinski definition) is 2. The molecule has 0 aromatic heterocycles. The third-order valence-electron chi connectivity index (χ3n) is 6.89. The zero-order chi connectivity index (χ0) is 29.0. The second-order valence-electron chi connectivity index (χ2n) is 12.3. The van der Waals surface area contributed by atoms with Crippen molar-refractivity contribution in [3.05, 3.63) is 96.1 Å². The van der Waals surface area contributed by atoms with Gasteiger partial charge in [0.1, 0.15) is 12.4 Å². The Kier molecular flexibility index (Phi) is 12.1. The van der Waals surface area contributed by atoms with Crippen molar-refractivity contribution in [2.75, 3.05) is 18.0 Å². The number of ether oxygens (including phenoxy) is 1. The number of nitrogens with zero attached hydrogens (tertiary/aromatic N) is 1. The van der Waals surface area contributed by atoms with Gasteiger partial charge in [-0.2, -0.15) is 0 Å². The molecule has 0 saturated heterocycles. The van der Waals surface area contributed by atoms with Gasteiger partial charge in [0.25, 0.3) is 0 Å². The van der Waals surface area contributed by atoms with E-state index >= 15 is 0 Å². The first kappa shape index (κ1) is 31.2. The van der Waals surface area contributed by atoms with E-state index in [4.69, 9.17) is 4.74 Å². The molecule has 3 aromatic carbocycles. The molecule has 1 unspecified atom stereocenters. The lowest BCUT2D eigenvalue weighted by Crippen LogP contribution is -2.56. The molecule has 2 N–H and O–H groups in total. The van der Waals surface area contributed by atoms with E-state index in [1.54, 1.807) is 0 Å². The van der Waals surface area contributed by atoms with Crippen LogP contribution >= 0.6 is 0 Å². The van der Waals surface area contributed by atoms with E-state index in [9.17, 15) is 4.79 Å². The van der Waals surface area contributed by atoms with Crippen molar-refractivity contribution in [2.24, 2.45) is 11.8 Å². The van der Waals surface area contributed by atoms with Crippen molar-refractivity contribution in [1.29, 1.82) is 0 Å². The van der Waals surface area contributed by atoms with Crippen LogP contribution in [0.3, 0.4) is 0 Å². The Bertz CT molecular complexity index is 1130. The normalized spacial score (nSPS) is 12.4. The molecule has 216 valence electrons. The van der Waals surface area contributed by atoms with Gasteiger partial charge in [0.2, 0.25) is 5.91 Å². The Hall–Kier alpha value is -3.31. The number of rotatable bonds is 16. The van der Waals surface area contributed by atoms with E-state index in [1.165, 1.54) is 5.56 Å². The van der Waals surface area contributed by atoms with Crippen molar-refractivity contribution in [2.45, 2.75) is 79.1 Å². The smallest absolute Gasteiger partial charge is 0.237 e. The number of hydrogen-bond acceptors (Lipinski definition) is 4. The summed E-state index contributed by atoms with van der Waals surface area (Å²) in [7, 11) is 0. The summed E-state index contributed by atoms with van der Waals surface area (Å²) in [6, 6.07) is 28.6. The summed E-state index contributed by atoms with van der Waals surface area (Å²) in [4.78, 5) is 15.9. The minimum absolute atomic E-state index is 0.0584. The number of amides is 1. The number of carbonyl (C=O) groups excluding carboxylic acids is 1. The molecule has 1 atom stereocenters. The molecule has 0 saturated carbocycles. The predicted molar refractivity (Wildman–Crippen MR) is 168 cm³/mol. The van der Waals surface area contributed by atoms with Crippen LogP contribution in [0.25, 0.3) is 0 Å². The highest BCUT2D eigenvalue weighted by molar-refractivity contribution is 5.82. The summed E-state index contributed by atoms with van der Waals surface area (Å²) in [6.45, 7) is 15.9. The second-order valence-corrected chi connectivity index (χ2v) is 12.3. The van der Waals surface area contributed by atoms with Crippen LogP contribution in [0.4, 0.5) is 5.69 Å². The Morgan fingerprint density at radius 1 is 0.825 bits per heavy atom. The van der Waals surface area contributed by atoms with Gasteiger partial charge < -0.3 is 20.3 Å². The molecule has 5 nitrogen and oxygen atoms in total. The molecule has 5 heteroatoms. The largest absolute Gasteiger partial charge is 0.489 e. The molecule has 3 rings (SSSR count). The summed E-state index contributed by atoms with van der Waals surface area (Å²) in [6.07, 6.45) is 1.86.